The van der Waals surface area contributed by atoms with Crippen molar-refractivity contribution >= 4 is 27.1 Å². The zero-order valence-corrected chi connectivity index (χ0v) is 14.3. The third-order valence-electron chi connectivity index (χ3n) is 4.76. The quantitative estimate of drug-likeness (QED) is 0.855. The van der Waals surface area contributed by atoms with Gasteiger partial charge < -0.3 is 5.10 Å². The Balaban J connectivity index is 1.66. The van der Waals surface area contributed by atoms with Crippen molar-refractivity contribution < 1.29 is 8.42 Å². The van der Waals surface area contributed by atoms with Crippen LogP contribution in [0, 0.1) is 0 Å². The standard InChI is InChI=1S/C16H16ClN3O3S/c17-9-1-3-11(4-2-9)24(22,23)12-5-6-13-15-14(19-20-16(15)21)8-10(7-12)18-13/h1-4,12-13H,5-8H2,(H2,19,20,21). The maximum Gasteiger partial charge on any atom is 0.269 e. The van der Waals surface area contributed by atoms with Crippen LogP contribution in [-0.4, -0.2) is 29.6 Å². The average Bonchev–Trinajstić information content (AvgIpc) is 2.83. The molecule has 6 nitrogen and oxygen atoms in total. The molecule has 2 atom stereocenters. The summed E-state index contributed by atoms with van der Waals surface area (Å²) in [5.74, 6) is 0. The van der Waals surface area contributed by atoms with Crippen molar-refractivity contribution in [3.05, 3.63) is 50.9 Å². The van der Waals surface area contributed by atoms with E-state index < -0.39 is 15.1 Å². The van der Waals surface area contributed by atoms with Gasteiger partial charge in [-0.15, -0.1) is 0 Å². The van der Waals surface area contributed by atoms with E-state index in [0.717, 1.165) is 11.4 Å². The number of nitrogens with zero attached hydrogens (tertiary/aromatic N) is 1. The van der Waals surface area contributed by atoms with Crippen molar-refractivity contribution in [3.8, 4) is 0 Å². The highest BCUT2D eigenvalue weighted by atomic mass is 35.5. The maximum atomic E-state index is 12.9. The fourth-order valence-electron chi connectivity index (χ4n) is 3.55. The van der Waals surface area contributed by atoms with E-state index in [1.165, 1.54) is 0 Å². The summed E-state index contributed by atoms with van der Waals surface area (Å²) in [6, 6.07) is 6.02. The Morgan fingerprint density at radius 3 is 2.62 bits per heavy atom. The molecule has 2 bridgehead atoms. The van der Waals surface area contributed by atoms with Gasteiger partial charge in [-0.2, -0.15) is 0 Å². The second-order valence-electron chi connectivity index (χ2n) is 6.26. The number of nitrogens with one attached hydrogen (secondary N) is 2. The minimum Gasteiger partial charge on any atom is -0.302 e. The Kier molecular flexibility index (Phi) is 3.65. The largest absolute Gasteiger partial charge is 0.302 e. The van der Waals surface area contributed by atoms with Crippen LogP contribution < -0.4 is 5.56 Å². The van der Waals surface area contributed by atoms with Gasteiger partial charge in [0.2, 0.25) is 0 Å². The molecule has 2 N–H and O–H groups in total. The molecular weight excluding hydrogens is 350 g/mol. The number of benzene rings is 1. The summed E-state index contributed by atoms with van der Waals surface area (Å²) in [5, 5.41) is 5.48. The SMILES string of the molecule is O=c1[nH][nH]c2c1C1CCC(S(=O)(=O)c3ccc(Cl)cc3)CC(=N1)C2. The van der Waals surface area contributed by atoms with Gasteiger partial charge in [0, 0.05) is 29.3 Å². The van der Waals surface area contributed by atoms with Gasteiger partial charge >= 0.3 is 0 Å². The van der Waals surface area contributed by atoms with Gasteiger partial charge in [-0.3, -0.25) is 14.9 Å². The first-order valence-corrected chi connectivity index (χ1v) is 9.72. The predicted octanol–water partition coefficient (Wildman–Crippen LogP) is 2.42. The number of hydrogen-bond acceptors (Lipinski definition) is 4. The second kappa shape index (κ2) is 5.60. The summed E-state index contributed by atoms with van der Waals surface area (Å²) in [7, 11) is -3.46. The lowest BCUT2D eigenvalue weighted by Crippen LogP contribution is -2.24. The first kappa shape index (κ1) is 15.7. The monoisotopic (exact) mass is 365 g/mol. The second-order valence-corrected chi connectivity index (χ2v) is 8.93. The van der Waals surface area contributed by atoms with Crippen molar-refractivity contribution in [3.63, 3.8) is 0 Å². The zero-order valence-electron chi connectivity index (χ0n) is 12.8. The van der Waals surface area contributed by atoms with Gasteiger partial charge in [-0.25, -0.2) is 8.42 Å². The van der Waals surface area contributed by atoms with Crippen molar-refractivity contribution in [1.29, 1.82) is 0 Å². The van der Waals surface area contributed by atoms with Gasteiger partial charge in [-0.05, 0) is 37.1 Å². The molecule has 4 rings (SSSR count). The number of aromatic nitrogens is 2. The van der Waals surface area contributed by atoms with Crippen LogP contribution in [0.2, 0.25) is 5.02 Å². The molecule has 2 aliphatic heterocycles. The van der Waals surface area contributed by atoms with E-state index in [-0.39, 0.29) is 16.5 Å². The van der Waals surface area contributed by atoms with E-state index in [9.17, 15) is 13.2 Å². The van der Waals surface area contributed by atoms with Gasteiger partial charge in [0.15, 0.2) is 9.84 Å². The summed E-state index contributed by atoms with van der Waals surface area (Å²) in [6.45, 7) is 0. The summed E-state index contributed by atoms with van der Waals surface area (Å²) in [6.07, 6.45) is 1.92. The summed E-state index contributed by atoms with van der Waals surface area (Å²) >= 11 is 5.85. The molecule has 0 amide bonds. The first-order valence-electron chi connectivity index (χ1n) is 7.79. The number of halogens is 1. The lowest BCUT2D eigenvalue weighted by atomic mass is 9.99. The number of hydrogen-bond donors (Lipinski definition) is 2. The molecule has 0 saturated carbocycles. The van der Waals surface area contributed by atoms with Crippen LogP contribution in [0.25, 0.3) is 0 Å². The molecule has 2 aromatic rings. The molecule has 24 heavy (non-hydrogen) atoms. The van der Waals surface area contributed by atoms with E-state index in [1.807, 2.05) is 0 Å². The topological polar surface area (TPSA) is 95.1 Å². The van der Waals surface area contributed by atoms with Gasteiger partial charge in [0.25, 0.3) is 5.56 Å². The lowest BCUT2D eigenvalue weighted by Gasteiger charge is -2.17. The molecule has 1 aromatic heterocycles. The summed E-state index contributed by atoms with van der Waals surface area (Å²) in [4.78, 5) is 16.8. The number of aromatic amines is 2. The molecule has 2 aliphatic rings. The highest BCUT2D eigenvalue weighted by Gasteiger charge is 2.36. The van der Waals surface area contributed by atoms with Crippen LogP contribution in [0.5, 0.6) is 0 Å². The molecule has 0 fully saturated rings. The molecule has 126 valence electrons. The number of sulfone groups is 1. The van der Waals surface area contributed by atoms with Crippen molar-refractivity contribution in [2.45, 2.75) is 41.9 Å². The van der Waals surface area contributed by atoms with Crippen LogP contribution in [0.4, 0.5) is 0 Å². The van der Waals surface area contributed by atoms with Crippen molar-refractivity contribution in [2.75, 3.05) is 0 Å². The predicted molar refractivity (Wildman–Crippen MR) is 91.6 cm³/mol. The maximum absolute atomic E-state index is 12.9. The summed E-state index contributed by atoms with van der Waals surface area (Å²) in [5.41, 5.74) is 2.17. The Bertz CT molecular complexity index is 973. The number of fused-ring (bicyclic) bond motifs is 3. The molecule has 0 radical (unpaired) electrons. The third-order valence-corrected chi connectivity index (χ3v) is 7.22. The Morgan fingerprint density at radius 2 is 1.88 bits per heavy atom. The number of aliphatic imine (C=N–C) groups is 1. The van der Waals surface area contributed by atoms with E-state index in [0.29, 0.717) is 36.3 Å². The van der Waals surface area contributed by atoms with Crippen molar-refractivity contribution in [1.82, 2.24) is 10.2 Å². The third kappa shape index (κ3) is 2.52. The molecular formula is C16H16ClN3O3S. The number of H-pyrrole nitrogens is 2. The normalized spacial score (nSPS) is 23.3. The van der Waals surface area contributed by atoms with Crippen LogP contribution in [0.3, 0.4) is 0 Å². The Hall–Kier alpha value is -1.86. The molecule has 0 saturated heterocycles. The van der Waals surface area contributed by atoms with Gasteiger partial charge in [0.1, 0.15) is 0 Å². The minimum atomic E-state index is -3.46. The van der Waals surface area contributed by atoms with Crippen LogP contribution >= 0.6 is 11.6 Å². The average molecular weight is 366 g/mol. The minimum absolute atomic E-state index is 0.156. The fourth-order valence-corrected chi connectivity index (χ4v) is 5.44. The first-order chi connectivity index (χ1) is 11.4. The molecule has 0 spiro atoms. The van der Waals surface area contributed by atoms with E-state index in [4.69, 9.17) is 11.6 Å². The van der Waals surface area contributed by atoms with Gasteiger partial charge in [-0.1, -0.05) is 11.6 Å². The fraction of sp³-hybridized carbons (Fsp3) is 0.375. The van der Waals surface area contributed by atoms with E-state index in [2.05, 4.69) is 15.2 Å². The van der Waals surface area contributed by atoms with Crippen molar-refractivity contribution in [2.24, 2.45) is 4.99 Å². The number of rotatable bonds is 2. The molecule has 3 heterocycles. The summed E-state index contributed by atoms with van der Waals surface area (Å²) < 4.78 is 25.9. The molecule has 2 unspecified atom stereocenters. The van der Waals surface area contributed by atoms with Gasteiger partial charge in [0.05, 0.1) is 21.8 Å². The molecule has 1 aromatic carbocycles. The van der Waals surface area contributed by atoms with Crippen LogP contribution in [0.15, 0.2) is 38.9 Å². The van der Waals surface area contributed by atoms with E-state index in [1.54, 1.807) is 24.3 Å². The zero-order chi connectivity index (χ0) is 16.9. The van der Waals surface area contributed by atoms with Crippen LogP contribution in [-0.2, 0) is 16.3 Å². The smallest absolute Gasteiger partial charge is 0.269 e. The Morgan fingerprint density at radius 1 is 1.12 bits per heavy atom. The highest BCUT2D eigenvalue weighted by molar-refractivity contribution is 7.92. The highest BCUT2D eigenvalue weighted by Crippen LogP contribution is 2.35. The molecule has 0 aliphatic carbocycles. The lowest BCUT2D eigenvalue weighted by molar-refractivity contribution is 0.558. The Labute approximate surface area is 143 Å². The van der Waals surface area contributed by atoms with Crippen LogP contribution in [0.1, 0.15) is 36.6 Å². The van der Waals surface area contributed by atoms with E-state index >= 15 is 0 Å². The molecule has 8 heteroatoms.